The van der Waals surface area contributed by atoms with Gasteiger partial charge >= 0.3 is 5.97 Å². The van der Waals surface area contributed by atoms with Gasteiger partial charge in [0.15, 0.2) is 11.5 Å². The van der Waals surface area contributed by atoms with Crippen LogP contribution in [0.3, 0.4) is 0 Å². The maximum Gasteiger partial charge on any atom is 0.343 e. The molecule has 0 fully saturated rings. The van der Waals surface area contributed by atoms with Gasteiger partial charge in [0.05, 0.1) is 11.8 Å². The van der Waals surface area contributed by atoms with Crippen molar-refractivity contribution < 1.29 is 28.6 Å². The number of nitrogens with one attached hydrogen (secondary N) is 2. The van der Waals surface area contributed by atoms with Gasteiger partial charge in [-0.05, 0) is 60.7 Å². The Balaban J connectivity index is 1.41. The fourth-order valence-corrected chi connectivity index (χ4v) is 3.32. The molecule has 0 aliphatic carbocycles. The quantitative estimate of drug-likeness (QED) is 0.203. The van der Waals surface area contributed by atoms with E-state index in [0.29, 0.717) is 33.3 Å². The van der Waals surface area contributed by atoms with Gasteiger partial charge in [-0.2, -0.15) is 5.10 Å². The number of hydrazone groups is 1. The number of fused-ring (bicyclic) bond motifs is 1. The van der Waals surface area contributed by atoms with E-state index in [1.54, 1.807) is 48.5 Å². The van der Waals surface area contributed by atoms with Gasteiger partial charge in [0.25, 0.3) is 5.91 Å². The molecule has 0 spiro atoms. The summed E-state index contributed by atoms with van der Waals surface area (Å²) in [6.07, 6.45) is 1.32. The van der Waals surface area contributed by atoms with Crippen LogP contribution in [0.4, 0.5) is 5.69 Å². The Morgan fingerprint density at radius 1 is 0.946 bits per heavy atom. The lowest BCUT2D eigenvalue weighted by molar-refractivity contribution is -0.123. The van der Waals surface area contributed by atoms with E-state index in [4.69, 9.17) is 25.8 Å². The number of rotatable bonds is 6. The van der Waals surface area contributed by atoms with E-state index in [9.17, 15) is 14.4 Å². The first kappa shape index (κ1) is 25.7. The number of hydrogen-bond acceptors (Lipinski definition) is 7. The van der Waals surface area contributed by atoms with Crippen molar-refractivity contribution in [2.75, 3.05) is 12.1 Å². The van der Waals surface area contributed by atoms with Crippen LogP contribution >= 0.6 is 11.6 Å². The maximum atomic E-state index is 12.7. The Labute approximate surface area is 218 Å². The van der Waals surface area contributed by atoms with Crippen LogP contribution in [0, 0.1) is 5.41 Å². The molecule has 1 aliphatic rings. The third kappa shape index (κ3) is 6.45. The average Bonchev–Trinajstić information content (AvgIpc) is 3.33. The van der Waals surface area contributed by atoms with E-state index in [1.165, 1.54) is 18.3 Å². The summed E-state index contributed by atoms with van der Waals surface area (Å²) in [6, 6.07) is 15.8. The minimum Gasteiger partial charge on any atom is -0.454 e. The van der Waals surface area contributed by atoms with Crippen molar-refractivity contribution >= 4 is 41.3 Å². The molecular formula is C27H24ClN3O6. The highest BCUT2D eigenvalue weighted by molar-refractivity contribution is 6.31. The Bertz CT molecular complexity index is 1380. The normalized spacial score (nSPS) is 12.3. The summed E-state index contributed by atoms with van der Waals surface area (Å²) < 4.78 is 16.1. The van der Waals surface area contributed by atoms with Gasteiger partial charge in [0, 0.05) is 27.3 Å². The van der Waals surface area contributed by atoms with Crippen molar-refractivity contribution in [3.63, 3.8) is 0 Å². The van der Waals surface area contributed by atoms with Gasteiger partial charge in [-0.1, -0.05) is 32.4 Å². The molecule has 0 saturated heterocycles. The zero-order valence-corrected chi connectivity index (χ0v) is 21.1. The number of carbonyl (C=O) groups is 3. The topological polar surface area (TPSA) is 115 Å². The van der Waals surface area contributed by atoms with Crippen molar-refractivity contribution in [3.8, 4) is 17.2 Å². The van der Waals surface area contributed by atoms with Crippen molar-refractivity contribution in [3.05, 3.63) is 82.4 Å². The van der Waals surface area contributed by atoms with Crippen LogP contribution in [0.2, 0.25) is 5.02 Å². The number of anilines is 1. The minimum atomic E-state index is -0.613. The maximum absolute atomic E-state index is 12.7. The van der Waals surface area contributed by atoms with Gasteiger partial charge in [0.2, 0.25) is 12.7 Å². The Morgan fingerprint density at radius 2 is 1.65 bits per heavy atom. The Hall–Kier alpha value is -4.37. The molecule has 3 aromatic rings. The molecule has 10 heteroatoms. The number of ether oxygens (including phenoxy) is 3. The third-order valence-electron chi connectivity index (χ3n) is 5.24. The second kappa shape index (κ2) is 10.7. The highest BCUT2D eigenvalue weighted by Gasteiger charge is 2.21. The third-order valence-corrected chi connectivity index (χ3v) is 5.47. The molecule has 2 amide bonds. The van der Waals surface area contributed by atoms with Crippen LogP contribution in [0.5, 0.6) is 17.2 Å². The monoisotopic (exact) mass is 521 g/mol. The molecule has 0 radical (unpaired) electrons. The van der Waals surface area contributed by atoms with E-state index in [0.717, 1.165) is 0 Å². The number of hydrogen-bond donors (Lipinski definition) is 2. The number of halogens is 1. The van der Waals surface area contributed by atoms with Crippen LogP contribution in [0.1, 0.15) is 47.1 Å². The van der Waals surface area contributed by atoms with Crippen LogP contribution in [0.25, 0.3) is 0 Å². The van der Waals surface area contributed by atoms with Crippen molar-refractivity contribution in [1.82, 2.24) is 5.43 Å². The molecule has 37 heavy (non-hydrogen) atoms. The number of benzene rings is 3. The molecule has 9 nitrogen and oxygen atoms in total. The van der Waals surface area contributed by atoms with Gasteiger partial charge in [-0.3, -0.25) is 9.59 Å². The van der Waals surface area contributed by atoms with Crippen molar-refractivity contribution in [2.24, 2.45) is 10.5 Å². The summed E-state index contributed by atoms with van der Waals surface area (Å²) in [7, 11) is 0. The van der Waals surface area contributed by atoms with Crippen molar-refractivity contribution in [1.29, 1.82) is 0 Å². The van der Waals surface area contributed by atoms with Crippen LogP contribution < -0.4 is 25.0 Å². The van der Waals surface area contributed by atoms with Crippen LogP contribution in [-0.2, 0) is 4.79 Å². The first-order valence-corrected chi connectivity index (χ1v) is 11.6. The molecule has 0 bridgehead atoms. The Kier molecular flexibility index (Phi) is 7.45. The van der Waals surface area contributed by atoms with Gasteiger partial charge in [-0.15, -0.1) is 0 Å². The SMILES string of the molecule is CC(C)(C)C(=O)Nc1ccc(C(=O)N/N=C/c2cc(Cl)ccc2OC(=O)c2ccc3c(c2)OCO3)cc1. The molecule has 0 unspecified atom stereocenters. The number of carbonyl (C=O) groups excluding carboxylic acids is 3. The first-order chi connectivity index (χ1) is 17.6. The summed E-state index contributed by atoms with van der Waals surface area (Å²) in [5.74, 6) is -0.00531. The van der Waals surface area contributed by atoms with E-state index < -0.39 is 17.3 Å². The molecule has 190 valence electrons. The largest absolute Gasteiger partial charge is 0.454 e. The van der Waals surface area contributed by atoms with Gasteiger partial charge in [0.1, 0.15) is 5.75 Å². The molecule has 0 saturated carbocycles. The van der Waals surface area contributed by atoms with E-state index in [2.05, 4.69) is 15.8 Å². The molecule has 4 rings (SSSR count). The molecule has 0 atom stereocenters. The molecule has 2 N–H and O–H groups in total. The molecule has 3 aromatic carbocycles. The number of amides is 2. The highest BCUT2D eigenvalue weighted by atomic mass is 35.5. The average molecular weight is 522 g/mol. The minimum absolute atomic E-state index is 0.0925. The highest BCUT2D eigenvalue weighted by Crippen LogP contribution is 2.33. The Morgan fingerprint density at radius 3 is 2.38 bits per heavy atom. The molecule has 1 aliphatic heterocycles. The summed E-state index contributed by atoms with van der Waals surface area (Å²) in [6.45, 7) is 5.53. The fourth-order valence-electron chi connectivity index (χ4n) is 3.14. The lowest BCUT2D eigenvalue weighted by Gasteiger charge is -2.17. The van der Waals surface area contributed by atoms with E-state index >= 15 is 0 Å². The summed E-state index contributed by atoms with van der Waals surface area (Å²) in [5.41, 5.74) is 3.45. The number of esters is 1. The lowest BCUT2D eigenvalue weighted by atomic mass is 9.95. The molecule has 0 aromatic heterocycles. The zero-order valence-electron chi connectivity index (χ0n) is 20.3. The first-order valence-electron chi connectivity index (χ1n) is 11.3. The second-order valence-corrected chi connectivity index (χ2v) is 9.56. The van der Waals surface area contributed by atoms with Crippen LogP contribution in [-0.4, -0.2) is 30.8 Å². The smallest absolute Gasteiger partial charge is 0.343 e. The predicted molar refractivity (Wildman–Crippen MR) is 139 cm³/mol. The predicted octanol–water partition coefficient (Wildman–Crippen LogP) is 5.04. The lowest BCUT2D eigenvalue weighted by Crippen LogP contribution is -2.27. The van der Waals surface area contributed by atoms with Crippen molar-refractivity contribution in [2.45, 2.75) is 20.8 Å². The number of nitrogens with zero attached hydrogens (tertiary/aromatic N) is 1. The molecule has 1 heterocycles. The van der Waals surface area contributed by atoms with Gasteiger partial charge < -0.3 is 19.5 Å². The fraction of sp³-hybridized carbons (Fsp3) is 0.185. The van der Waals surface area contributed by atoms with Gasteiger partial charge in [-0.25, -0.2) is 10.2 Å². The standard InChI is InChI=1S/C27H24ClN3O6/c1-27(2,3)26(34)30-20-8-4-16(5-9-20)24(32)31-29-14-18-12-19(28)7-11-21(18)37-25(33)17-6-10-22-23(13-17)36-15-35-22/h4-14H,15H2,1-3H3,(H,30,34)(H,31,32)/b29-14+. The van der Waals surface area contributed by atoms with E-state index in [-0.39, 0.29) is 24.0 Å². The van der Waals surface area contributed by atoms with E-state index in [1.807, 2.05) is 20.8 Å². The zero-order chi connectivity index (χ0) is 26.6. The van der Waals surface area contributed by atoms with Crippen LogP contribution in [0.15, 0.2) is 65.8 Å². The second-order valence-electron chi connectivity index (χ2n) is 9.12. The summed E-state index contributed by atoms with van der Waals surface area (Å²) in [5, 5.41) is 7.16. The summed E-state index contributed by atoms with van der Waals surface area (Å²) in [4.78, 5) is 37.3. The summed E-state index contributed by atoms with van der Waals surface area (Å²) >= 11 is 6.10. The molecular weight excluding hydrogens is 498 g/mol.